The van der Waals surface area contributed by atoms with E-state index in [1.165, 1.54) is 16.8 Å². The van der Waals surface area contributed by atoms with Crippen LogP contribution in [0.15, 0.2) is 66.0 Å². The number of hydrogen-bond donors (Lipinski definition) is 0. The fraction of sp³-hybridized carbons (Fsp3) is 0.269. The van der Waals surface area contributed by atoms with Crippen LogP contribution < -0.4 is 4.74 Å². The third-order valence-electron chi connectivity index (χ3n) is 5.27. The van der Waals surface area contributed by atoms with Crippen molar-refractivity contribution in [1.29, 1.82) is 5.26 Å². The molecule has 0 N–H and O–H groups in total. The Morgan fingerprint density at radius 3 is 2.66 bits per heavy atom. The Morgan fingerprint density at radius 1 is 1.11 bits per heavy atom. The van der Waals surface area contributed by atoms with E-state index < -0.39 is 0 Å². The molecule has 1 aliphatic rings. The van der Waals surface area contributed by atoms with Gasteiger partial charge in [0, 0.05) is 17.9 Å². The second-order valence-electron chi connectivity index (χ2n) is 8.30. The molecule has 2 heterocycles. The smallest absolute Gasteiger partial charge is 0.302 e. The highest BCUT2D eigenvalue weighted by Crippen LogP contribution is 2.24. The van der Waals surface area contributed by atoms with Gasteiger partial charge in [-0.25, -0.2) is 15.0 Å². The van der Waals surface area contributed by atoms with Gasteiger partial charge in [0.25, 0.3) is 0 Å². The Bertz CT molecular complexity index is 1250. The zero-order valence-corrected chi connectivity index (χ0v) is 20.5. The summed E-state index contributed by atoms with van der Waals surface area (Å²) in [5.41, 5.74) is 3.95. The van der Waals surface area contributed by atoms with Crippen molar-refractivity contribution >= 4 is 22.7 Å². The van der Waals surface area contributed by atoms with E-state index in [1.807, 2.05) is 50.5 Å². The maximum absolute atomic E-state index is 12.5. The summed E-state index contributed by atoms with van der Waals surface area (Å²) >= 11 is 1.21. The Hall–Kier alpha value is -3.74. The predicted octanol–water partition coefficient (Wildman–Crippen LogP) is 4.42. The number of hydrogen-bond acceptors (Lipinski definition) is 8. The molecule has 0 bridgehead atoms. The maximum Gasteiger partial charge on any atom is 0.302 e. The number of carbonyl (C=O) groups is 1. The van der Waals surface area contributed by atoms with Gasteiger partial charge in [0.05, 0.1) is 42.9 Å². The molecule has 0 aliphatic carbocycles. The average molecular weight is 487 g/mol. The summed E-state index contributed by atoms with van der Waals surface area (Å²) in [5, 5.41) is 15.1. The minimum absolute atomic E-state index is 0.109. The Morgan fingerprint density at radius 2 is 1.89 bits per heavy atom. The standard InChI is InChI=1S/C26H26N6O2S/c1-31(2)10-5-11-34-23-15-28-25(29-16-23)22-9-4-7-20(13-22)17-32-26(33)35-18-24(30-32)21-8-3-6-19(12-21)14-27/h3-4,6-9,12-13,15-16H,5,10-11,17-18H2,1-2H3. The fourth-order valence-electron chi connectivity index (χ4n) is 3.52. The molecule has 35 heavy (non-hydrogen) atoms. The molecule has 1 amide bonds. The Balaban J connectivity index is 1.45. The van der Waals surface area contributed by atoms with E-state index in [1.54, 1.807) is 24.5 Å². The Labute approximate surface area is 209 Å². The van der Waals surface area contributed by atoms with E-state index in [-0.39, 0.29) is 5.24 Å². The molecule has 0 unspecified atom stereocenters. The summed E-state index contributed by atoms with van der Waals surface area (Å²) in [4.78, 5) is 23.5. The molecule has 0 atom stereocenters. The van der Waals surface area contributed by atoms with E-state index in [0.717, 1.165) is 35.4 Å². The van der Waals surface area contributed by atoms with Crippen molar-refractivity contribution in [1.82, 2.24) is 19.9 Å². The van der Waals surface area contributed by atoms with Gasteiger partial charge in [-0.2, -0.15) is 10.4 Å². The molecule has 0 saturated carbocycles. The minimum Gasteiger partial charge on any atom is -0.490 e. The molecule has 1 aliphatic heterocycles. The summed E-state index contributed by atoms with van der Waals surface area (Å²) in [6.45, 7) is 1.90. The fourth-order valence-corrected chi connectivity index (χ4v) is 4.26. The quantitative estimate of drug-likeness (QED) is 0.413. The molecule has 3 aromatic rings. The molecule has 178 valence electrons. The first-order valence-corrected chi connectivity index (χ1v) is 12.2. The average Bonchev–Trinajstić information content (AvgIpc) is 2.88. The highest BCUT2D eigenvalue weighted by atomic mass is 32.2. The van der Waals surface area contributed by atoms with Crippen LogP contribution in [0.4, 0.5) is 4.79 Å². The van der Waals surface area contributed by atoms with Gasteiger partial charge in [0.15, 0.2) is 11.6 Å². The third kappa shape index (κ3) is 6.66. The van der Waals surface area contributed by atoms with Gasteiger partial charge >= 0.3 is 5.24 Å². The van der Waals surface area contributed by atoms with Crippen LogP contribution in [0.25, 0.3) is 11.4 Å². The number of ether oxygens (including phenoxy) is 1. The number of hydrazone groups is 1. The minimum atomic E-state index is -0.109. The van der Waals surface area contributed by atoms with E-state index in [0.29, 0.717) is 36.0 Å². The lowest BCUT2D eigenvalue weighted by molar-refractivity contribution is 0.222. The monoisotopic (exact) mass is 486 g/mol. The number of amides is 1. The molecule has 0 radical (unpaired) electrons. The van der Waals surface area contributed by atoms with E-state index in [2.05, 4.69) is 26.0 Å². The molecule has 8 nitrogen and oxygen atoms in total. The SMILES string of the molecule is CN(C)CCCOc1cnc(-c2cccc(CN3N=C(c4cccc(C#N)c4)CSC3=O)c2)nc1. The molecular weight excluding hydrogens is 460 g/mol. The number of rotatable bonds is 9. The van der Waals surface area contributed by atoms with Crippen molar-refractivity contribution in [2.45, 2.75) is 13.0 Å². The molecule has 4 rings (SSSR count). The van der Waals surface area contributed by atoms with Crippen LogP contribution in [0, 0.1) is 11.3 Å². The van der Waals surface area contributed by atoms with Crippen LogP contribution in [0.3, 0.4) is 0 Å². The first-order valence-electron chi connectivity index (χ1n) is 11.2. The summed E-state index contributed by atoms with van der Waals surface area (Å²) < 4.78 is 5.71. The third-order valence-corrected chi connectivity index (χ3v) is 6.15. The predicted molar refractivity (Wildman–Crippen MR) is 137 cm³/mol. The lowest BCUT2D eigenvalue weighted by Crippen LogP contribution is -2.29. The van der Waals surface area contributed by atoms with Crippen molar-refractivity contribution in [3.05, 3.63) is 77.6 Å². The normalized spacial score (nSPS) is 13.5. The van der Waals surface area contributed by atoms with Crippen LogP contribution >= 0.6 is 11.8 Å². The van der Waals surface area contributed by atoms with Gasteiger partial charge in [-0.3, -0.25) is 4.79 Å². The maximum atomic E-state index is 12.5. The van der Waals surface area contributed by atoms with Crippen molar-refractivity contribution in [3.63, 3.8) is 0 Å². The van der Waals surface area contributed by atoms with Gasteiger partial charge in [-0.15, -0.1) is 0 Å². The molecule has 9 heteroatoms. The number of nitriles is 1. The van der Waals surface area contributed by atoms with Crippen LogP contribution in [0.2, 0.25) is 0 Å². The first kappa shape index (κ1) is 24.4. The summed E-state index contributed by atoms with van der Waals surface area (Å²) in [7, 11) is 4.07. The van der Waals surface area contributed by atoms with Crippen molar-refractivity contribution in [2.24, 2.45) is 5.10 Å². The highest BCUT2D eigenvalue weighted by Gasteiger charge is 2.22. The molecule has 0 spiro atoms. The summed E-state index contributed by atoms with van der Waals surface area (Å²) in [5.74, 6) is 1.70. The van der Waals surface area contributed by atoms with Gasteiger partial charge in [0.1, 0.15) is 0 Å². The topological polar surface area (TPSA) is 94.7 Å². The van der Waals surface area contributed by atoms with Gasteiger partial charge in [0.2, 0.25) is 0 Å². The van der Waals surface area contributed by atoms with Crippen molar-refractivity contribution < 1.29 is 9.53 Å². The van der Waals surface area contributed by atoms with Crippen LogP contribution in [0.1, 0.15) is 23.1 Å². The van der Waals surface area contributed by atoms with Crippen LogP contribution in [0.5, 0.6) is 5.75 Å². The molecule has 0 fully saturated rings. The van der Waals surface area contributed by atoms with Gasteiger partial charge in [-0.1, -0.05) is 42.1 Å². The zero-order valence-electron chi connectivity index (χ0n) is 19.7. The second kappa shape index (κ2) is 11.6. The lowest BCUT2D eigenvalue weighted by Gasteiger charge is -2.23. The summed E-state index contributed by atoms with van der Waals surface area (Å²) in [6, 6.07) is 17.2. The molecule has 0 saturated heterocycles. The lowest BCUT2D eigenvalue weighted by atomic mass is 10.1. The number of thioether (sulfide) groups is 1. The molecule has 1 aromatic heterocycles. The van der Waals surface area contributed by atoms with Crippen LogP contribution in [-0.4, -0.2) is 63.8 Å². The second-order valence-corrected chi connectivity index (χ2v) is 9.23. The highest BCUT2D eigenvalue weighted by molar-refractivity contribution is 8.14. The number of aromatic nitrogens is 2. The Kier molecular flexibility index (Phi) is 8.08. The largest absolute Gasteiger partial charge is 0.490 e. The van der Waals surface area contributed by atoms with E-state index >= 15 is 0 Å². The number of nitrogens with zero attached hydrogens (tertiary/aromatic N) is 6. The van der Waals surface area contributed by atoms with Crippen molar-refractivity contribution in [2.75, 3.05) is 33.0 Å². The first-order chi connectivity index (χ1) is 17.0. The van der Waals surface area contributed by atoms with Crippen LogP contribution in [-0.2, 0) is 6.54 Å². The van der Waals surface area contributed by atoms with Crippen molar-refractivity contribution in [3.8, 4) is 23.2 Å². The van der Waals surface area contributed by atoms with E-state index in [9.17, 15) is 10.1 Å². The zero-order chi connectivity index (χ0) is 24.6. The molecule has 2 aromatic carbocycles. The molecular formula is C26H26N6O2S. The number of carbonyl (C=O) groups excluding carboxylic acids is 1. The van der Waals surface area contributed by atoms with Gasteiger partial charge in [-0.05, 0) is 49.8 Å². The number of benzene rings is 2. The van der Waals surface area contributed by atoms with Gasteiger partial charge < -0.3 is 9.64 Å². The summed E-state index contributed by atoms with van der Waals surface area (Å²) in [6.07, 6.45) is 4.29. The van der Waals surface area contributed by atoms with E-state index in [4.69, 9.17) is 4.74 Å².